The molecule has 0 heterocycles. The van der Waals surface area contributed by atoms with Crippen LogP contribution in [0.4, 0.5) is 0 Å². The van der Waals surface area contributed by atoms with E-state index in [1.807, 2.05) is 6.07 Å². The van der Waals surface area contributed by atoms with Gasteiger partial charge >= 0.3 is 0 Å². The third kappa shape index (κ3) is 2.88. The van der Waals surface area contributed by atoms with Crippen LogP contribution < -0.4 is 5.73 Å². The van der Waals surface area contributed by atoms with Crippen LogP contribution in [0.3, 0.4) is 0 Å². The maximum atomic E-state index is 10.4. The molecule has 3 heteroatoms. The van der Waals surface area contributed by atoms with Crippen LogP contribution in [-0.4, -0.2) is 5.91 Å². The largest absolute Gasteiger partial charge is 0.366 e. The van der Waals surface area contributed by atoms with E-state index in [9.17, 15) is 4.79 Å². The molecule has 0 aromatic carbocycles. The second-order valence-corrected chi connectivity index (χ2v) is 2.13. The zero-order chi connectivity index (χ0) is 8.15. The Kier molecular flexibility index (Phi) is 3.20. The Morgan fingerprint density at radius 1 is 1.80 bits per heavy atom. The standard InChI is InChI=1S/C7H10N2O/c1-5(4-8)3-6(2)7(9)10/h3,5H,1-2H3,(H2,9,10)/b6-3+. The summed E-state index contributed by atoms with van der Waals surface area (Å²) < 4.78 is 0. The number of carbonyl (C=O) groups is 1. The van der Waals surface area contributed by atoms with Crippen molar-refractivity contribution in [1.29, 1.82) is 5.26 Å². The van der Waals surface area contributed by atoms with Crippen molar-refractivity contribution in [3.05, 3.63) is 11.6 Å². The average Bonchev–Trinajstić information content (AvgIpc) is 1.87. The van der Waals surface area contributed by atoms with Gasteiger partial charge in [-0.3, -0.25) is 4.79 Å². The zero-order valence-electron chi connectivity index (χ0n) is 6.09. The molecule has 0 fully saturated rings. The lowest BCUT2D eigenvalue weighted by molar-refractivity contribution is -0.114. The lowest BCUT2D eigenvalue weighted by Gasteiger charge is -1.94. The lowest BCUT2D eigenvalue weighted by atomic mass is 10.1. The van der Waals surface area contributed by atoms with Gasteiger partial charge in [0, 0.05) is 5.57 Å². The molecule has 0 saturated heterocycles. The van der Waals surface area contributed by atoms with Gasteiger partial charge in [0.2, 0.25) is 5.91 Å². The molecule has 0 radical (unpaired) electrons. The van der Waals surface area contributed by atoms with Crippen LogP contribution in [0, 0.1) is 17.2 Å². The van der Waals surface area contributed by atoms with E-state index in [0.717, 1.165) is 0 Å². The molecule has 0 rings (SSSR count). The molecular weight excluding hydrogens is 128 g/mol. The minimum Gasteiger partial charge on any atom is -0.366 e. The minimum atomic E-state index is -0.470. The zero-order valence-corrected chi connectivity index (χ0v) is 6.09. The van der Waals surface area contributed by atoms with Crippen LogP contribution in [0.1, 0.15) is 13.8 Å². The van der Waals surface area contributed by atoms with Gasteiger partial charge in [-0.15, -0.1) is 0 Å². The number of amides is 1. The maximum absolute atomic E-state index is 10.4. The number of hydrogen-bond acceptors (Lipinski definition) is 2. The molecule has 0 spiro atoms. The number of allylic oxidation sites excluding steroid dienone is 1. The van der Waals surface area contributed by atoms with E-state index in [2.05, 4.69) is 0 Å². The average molecular weight is 138 g/mol. The molecule has 2 N–H and O–H groups in total. The van der Waals surface area contributed by atoms with E-state index in [1.54, 1.807) is 19.9 Å². The van der Waals surface area contributed by atoms with Crippen molar-refractivity contribution in [3.63, 3.8) is 0 Å². The van der Waals surface area contributed by atoms with Crippen LogP contribution in [-0.2, 0) is 4.79 Å². The van der Waals surface area contributed by atoms with Crippen molar-refractivity contribution in [3.8, 4) is 6.07 Å². The highest BCUT2D eigenvalue weighted by atomic mass is 16.1. The second kappa shape index (κ2) is 3.67. The molecule has 54 valence electrons. The predicted molar refractivity (Wildman–Crippen MR) is 37.7 cm³/mol. The molecule has 0 aliphatic carbocycles. The number of rotatable bonds is 2. The van der Waals surface area contributed by atoms with Crippen LogP contribution in [0.2, 0.25) is 0 Å². The van der Waals surface area contributed by atoms with Crippen molar-refractivity contribution in [2.75, 3.05) is 0 Å². The molecule has 0 aliphatic rings. The summed E-state index contributed by atoms with van der Waals surface area (Å²) in [4.78, 5) is 10.4. The van der Waals surface area contributed by atoms with Gasteiger partial charge in [-0.2, -0.15) is 5.26 Å². The monoisotopic (exact) mass is 138 g/mol. The van der Waals surface area contributed by atoms with Gasteiger partial charge in [0.25, 0.3) is 0 Å². The number of nitrogens with two attached hydrogens (primary N) is 1. The summed E-state index contributed by atoms with van der Waals surface area (Å²) in [5.74, 6) is -0.713. The van der Waals surface area contributed by atoms with Gasteiger partial charge in [0.1, 0.15) is 0 Å². The van der Waals surface area contributed by atoms with E-state index < -0.39 is 5.91 Å². The van der Waals surface area contributed by atoms with Crippen molar-refractivity contribution in [1.82, 2.24) is 0 Å². The highest BCUT2D eigenvalue weighted by Gasteiger charge is 1.99. The number of carbonyl (C=O) groups excluding carboxylic acids is 1. The van der Waals surface area contributed by atoms with Crippen molar-refractivity contribution >= 4 is 5.91 Å². The van der Waals surface area contributed by atoms with Crippen molar-refractivity contribution in [2.24, 2.45) is 11.7 Å². The summed E-state index contributed by atoms with van der Waals surface area (Å²) >= 11 is 0. The molecule has 0 aliphatic heterocycles. The SMILES string of the molecule is C/C(=C\C(C)C#N)C(N)=O. The highest BCUT2D eigenvalue weighted by molar-refractivity contribution is 5.91. The van der Waals surface area contributed by atoms with E-state index in [-0.39, 0.29) is 5.92 Å². The summed E-state index contributed by atoms with van der Waals surface area (Å²) in [6, 6.07) is 1.97. The molecular formula is C7H10N2O. The Morgan fingerprint density at radius 3 is 2.60 bits per heavy atom. The summed E-state index contributed by atoms with van der Waals surface area (Å²) in [5, 5.41) is 8.32. The normalized spacial score (nSPS) is 13.9. The van der Waals surface area contributed by atoms with Gasteiger partial charge in [-0.1, -0.05) is 6.08 Å². The quantitative estimate of drug-likeness (QED) is 0.567. The molecule has 3 nitrogen and oxygen atoms in total. The van der Waals surface area contributed by atoms with E-state index in [1.165, 1.54) is 0 Å². The number of nitrogens with zero attached hydrogens (tertiary/aromatic N) is 1. The summed E-state index contributed by atoms with van der Waals surface area (Å²) in [6.07, 6.45) is 1.54. The third-order valence-corrected chi connectivity index (χ3v) is 1.09. The smallest absolute Gasteiger partial charge is 0.244 e. The summed E-state index contributed by atoms with van der Waals surface area (Å²) in [7, 11) is 0. The lowest BCUT2D eigenvalue weighted by Crippen LogP contribution is -2.12. The van der Waals surface area contributed by atoms with E-state index >= 15 is 0 Å². The minimum absolute atomic E-state index is 0.243. The molecule has 0 aromatic heterocycles. The Labute approximate surface area is 60.1 Å². The van der Waals surface area contributed by atoms with Gasteiger partial charge in [0.05, 0.1) is 12.0 Å². The van der Waals surface area contributed by atoms with Crippen LogP contribution in [0.5, 0.6) is 0 Å². The van der Waals surface area contributed by atoms with Gasteiger partial charge < -0.3 is 5.73 Å². The predicted octanol–water partition coefficient (Wildman–Crippen LogP) is 0.578. The van der Waals surface area contributed by atoms with Gasteiger partial charge in [-0.05, 0) is 13.8 Å². The molecule has 1 unspecified atom stereocenters. The molecule has 1 atom stereocenters. The Hall–Kier alpha value is -1.30. The summed E-state index contributed by atoms with van der Waals surface area (Å²) in [5.41, 5.74) is 5.36. The van der Waals surface area contributed by atoms with Gasteiger partial charge in [-0.25, -0.2) is 0 Å². The Bertz CT molecular complexity index is 200. The maximum Gasteiger partial charge on any atom is 0.244 e. The fourth-order valence-electron chi connectivity index (χ4n) is 0.494. The van der Waals surface area contributed by atoms with Crippen LogP contribution >= 0.6 is 0 Å². The number of nitriles is 1. The molecule has 10 heavy (non-hydrogen) atoms. The number of hydrogen-bond donors (Lipinski definition) is 1. The Balaban J connectivity index is 4.20. The van der Waals surface area contributed by atoms with Crippen LogP contribution in [0.25, 0.3) is 0 Å². The second-order valence-electron chi connectivity index (χ2n) is 2.13. The molecule has 0 saturated carbocycles. The first-order valence-electron chi connectivity index (χ1n) is 2.95. The highest BCUT2D eigenvalue weighted by Crippen LogP contribution is 1.99. The number of primary amides is 1. The van der Waals surface area contributed by atoms with Gasteiger partial charge in [0.15, 0.2) is 0 Å². The first-order valence-corrected chi connectivity index (χ1v) is 2.95. The van der Waals surface area contributed by atoms with E-state index in [4.69, 9.17) is 11.0 Å². The topological polar surface area (TPSA) is 66.9 Å². The van der Waals surface area contributed by atoms with E-state index in [0.29, 0.717) is 5.57 Å². The fraction of sp³-hybridized carbons (Fsp3) is 0.429. The third-order valence-electron chi connectivity index (χ3n) is 1.09. The fourth-order valence-corrected chi connectivity index (χ4v) is 0.494. The van der Waals surface area contributed by atoms with Crippen LogP contribution in [0.15, 0.2) is 11.6 Å². The Morgan fingerprint density at radius 2 is 2.30 bits per heavy atom. The summed E-state index contributed by atoms with van der Waals surface area (Å²) in [6.45, 7) is 3.29. The molecule has 0 aromatic rings. The van der Waals surface area contributed by atoms with Crippen molar-refractivity contribution < 1.29 is 4.79 Å². The first kappa shape index (κ1) is 8.70. The molecule has 0 bridgehead atoms. The van der Waals surface area contributed by atoms with Crippen molar-refractivity contribution in [2.45, 2.75) is 13.8 Å². The first-order chi connectivity index (χ1) is 4.57. The molecule has 1 amide bonds.